The minimum Gasteiger partial charge on any atom is -0.340 e. The Labute approximate surface area is 124 Å². The molecule has 3 aromatic rings. The van der Waals surface area contributed by atoms with Gasteiger partial charge in [-0.15, -0.1) is 0 Å². The number of halogens is 1. The van der Waals surface area contributed by atoms with Gasteiger partial charge in [-0.2, -0.15) is 16.4 Å². The molecule has 2 aromatic heterocycles. The Balaban J connectivity index is 1.84. The molecule has 2 heterocycles. The zero-order valence-electron chi connectivity index (χ0n) is 10.3. The van der Waals surface area contributed by atoms with Crippen molar-refractivity contribution in [2.75, 3.05) is 5.32 Å². The predicted molar refractivity (Wildman–Crippen MR) is 83.9 cm³/mol. The molecule has 1 aromatic carbocycles. The highest BCUT2D eigenvalue weighted by atomic mass is 79.9. The van der Waals surface area contributed by atoms with Crippen LogP contribution in [0.1, 0.15) is 0 Å². The molecule has 0 aliphatic heterocycles. The van der Waals surface area contributed by atoms with E-state index in [1.165, 1.54) is 11.1 Å². The minimum absolute atomic E-state index is 0.947. The van der Waals surface area contributed by atoms with E-state index in [1.54, 1.807) is 22.2 Å². The zero-order valence-corrected chi connectivity index (χ0v) is 12.7. The molecule has 96 valence electrons. The van der Waals surface area contributed by atoms with Crippen molar-refractivity contribution >= 4 is 38.8 Å². The lowest BCUT2D eigenvalue weighted by Gasteiger charge is -2.08. The Kier molecular flexibility index (Phi) is 3.40. The quantitative estimate of drug-likeness (QED) is 0.755. The van der Waals surface area contributed by atoms with Crippen molar-refractivity contribution in [1.29, 1.82) is 0 Å². The summed E-state index contributed by atoms with van der Waals surface area (Å²) >= 11 is 5.19. The highest BCUT2D eigenvalue weighted by molar-refractivity contribution is 9.10. The summed E-state index contributed by atoms with van der Waals surface area (Å²) in [5.41, 5.74) is 3.54. The standard InChI is InChI=1S/C14H12BrN3S/c1-18-14(13(15)8-16-18)17-12-4-2-10(3-5-12)11-6-7-19-9-11/h2-9,17H,1H3. The van der Waals surface area contributed by atoms with Crippen LogP contribution < -0.4 is 5.32 Å². The molecule has 3 nitrogen and oxygen atoms in total. The summed E-state index contributed by atoms with van der Waals surface area (Å²) in [5, 5.41) is 11.8. The van der Waals surface area contributed by atoms with E-state index >= 15 is 0 Å². The number of nitrogens with one attached hydrogen (secondary N) is 1. The number of benzene rings is 1. The third-order valence-corrected chi connectivity index (χ3v) is 4.16. The Morgan fingerprint density at radius 1 is 1.16 bits per heavy atom. The smallest absolute Gasteiger partial charge is 0.142 e. The van der Waals surface area contributed by atoms with Crippen molar-refractivity contribution in [2.24, 2.45) is 7.05 Å². The largest absolute Gasteiger partial charge is 0.340 e. The summed E-state index contributed by atoms with van der Waals surface area (Å²) in [4.78, 5) is 0. The lowest BCUT2D eigenvalue weighted by atomic mass is 10.1. The highest BCUT2D eigenvalue weighted by Gasteiger charge is 2.06. The molecule has 0 amide bonds. The first-order valence-electron chi connectivity index (χ1n) is 5.81. The number of anilines is 2. The third-order valence-electron chi connectivity index (χ3n) is 2.90. The minimum atomic E-state index is 0.947. The van der Waals surface area contributed by atoms with E-state index in [9.17, 15) is 0 Å². The second-order valence-corrected chi connectivity index (χ2v) is 5.81. The fourth-order valence-electron chi connectivity index (χ4n) is 1.86. The van der Waals surface area contributed by atoms with E-state index in [0.29, 0.717) is 0 Å². The van der Waals surface area contributed by atoms with Crippen LogP contribution in [0, 0.1) is 0 Å². The maximum absolute atomic E-state index is 4.18. The molecule has 0 bridgehead atoms. The molecule has 0 spiro atoms. The van der Waals surface area contributed by atoms with Crippen LogP contribution in [0.15, 0.2) is 51.8 Å². The second kappa shape index (κ2) is 5.19. The van der Waals surface area contributed by atoms with Crippen LogP contribution >= 0.6 is 27.3 Å². The summed E-state index contributed by atoms with van der Waals surface area (Å²) in [6.45, 7) is 0. The fraction of sp³-hybridized carbons (Fsp3) is 0.0714. The molecule has 19 heavy (non-hydrogen) atoms. The first-order valence-corrected chi connectivity index (χ1v) is 7.55. The van der Waals surface area contributed by atoms with Gasteiger partial charge in [-0.3, -0.25) is 4.68 Å². The molecule has 0 unspecified atom stereocenters. The van der Waals surface area contributed by atoms with Gasteiger partial charge in [-0.05, 0) is 56.0 Å². The first kappa shape index (κ1) is 12.4. The Morgan fingerprint density at radius 3 is 2.53 bits per heavy atom. The number of hydrogen-bond acceptors (Lipinski definition) is 3. The number of aryl methyl sites for hydroxylation is 1. The zero-order chi connectivity index (χ0) is 13.2. The van der Waals surface area contributed by atoms with E-state index in [2.05, 4.69) is 67.4 Å². The first-order chi connectivity index (χ1) is 9.24. The molecule has 0 fully saturated rings. The summed E-state index contributed by atoms with van der Waals surface area (Å²) in [6.07, 6.45) is 1.78. The van der Waals surface area contributed by atoms with Crippen LogP contribution in [-0.4, -0.2) is 9.78 Å². The number of rotatable bonds is 3. The topological polar surface area (TPSA) is 29.9 Å². The summed E-state index contributed by atoms with van der Waals surface area (Å²) in [5.74, 6) is 0.947. The second-order valence-electron chi connectivity index (χ2n) is 4.18. The summed E-state index contributed by atoms with van der Waals surface area (Å²) in [7, 11) is 1.91. The molecule has 0 atom stereocenters. The molecule has 0 saturated carbocycles. The van der Waals surface area contributed by atoms with Gasteiger partial charge in [0, 0.05) is 12.7 Å². The Hall–Kier alpha value is -1.59. The normalized spacial score (nSPS) is 10.6. The SMILES string of the molecule is Cn1ncc(Br)c1Nc1ccc(-c2ccsc2)cc1. The van der Waals surface area contributed by atoms with Gasteiger partial charge in [-0.25, -0.2) is 0 Å². The van der Waals surface area contributed by atoms with Crippen LogP contribution in [0.2, 0.25) is 0 Å². The number of aromatic nitrogens is 2. The summed E-state index contributed by atoms with van der Waals surface area (Å²) in [6, 6.07) is 10.5. The van der Waals surface area contributed by atoms with Crippen LogP contribution in [0.4, 0.5) is 11.5 Å². The van der Waals surface area contributed by atoms with Crippen molar-refractivity contribution < 1.29 is 0 Å². The van der Waals surface area contributed by atoms with Crippen LogP contribution in [-0.2, 0) is 7.05 Å². The molecule has 0 aliphatic carbocycles. The number of hydrogen-bond donors (Lipinski definition) is 1. The van der Waals surface area contributed by atoms with E-state index in [1.807, 2.05) is 7.05 Å². The molecular weight excluding hydrogens is 322 g/mol. The molecule has 1 N–H and O–H groups in total. The van der Waals surface area contributed by atoms with Crippen LogP contribution in [0.5, 0.6) is 0 Å². The maximum atomic E-state index is 4.18. The lowest BCUT2D eigenvalue weighted by molar-refractivity contribution is 0.776. The molecular formula is C14H12BrN3S. The molecule has 3 rings (SSSR count). The third kappa shape index (κ3) is 2.57. The average Bonchev–Trinajstić information content (AvgIpc) is 3.05. The number of nitrogens with zero attached hydrogens (tertiary/aromatic N) is 2. The van der Waals surface area contributed by atoms with Crippen molar-refractivity contribution in [1.82, 2.24) is 9.78 Å². The van der Waals surface area contributed by atoms with Gasteiger partial charge in [0.2, 0.25) is 0 Å². The molecule has 0 aliphatic rings. The van der Waals surface area contributed by atoms with Gasteiger partial charge in [0.05, 0.1) is 10.7 Å². The molecule has 0 radical (unpaired) electrons. The van der Waals surface area contributed by atoms with E-state index < -0.39 is 0 Å². The van der Waals surface area contributed by atoms with Gasteiger partial charge in [0.1, 0.15) is 5.82 Å². The average molecular weight is 334 g/mol. The Bertz CT molecular complexity index is 652. The van der Waals surface area contributed by atoms with E-state index in [0.717, 1.165) is 16.0 Å². The summed E-state index contributed by atoms with van der Waals surface area (Å²) < 4.78 is 2.76. The highest BCUT2D eigenvalue weighted by Crippen LogP contribution is 2.27. The molecule has 0 saturated heterocycles. The van der Waals surface area contributed by atoms with Gasteiger partial charge < -0.3 is 5.32 Å². The van der Waals surface area contributed by atoms with Crippen molar-refractivity contribution in [3.63, 3.8) is 0 Å². The number of thiophene rings is 1. The van der Waals surface area contributed by atoms with Crippen LogP contribution in [0.3, 0.4) is 0 Å². The van der Waals surface area contributed by atoms with Crippen LogP contribution in [0.25, 0.3) is 11.1 Å². The van der Waals surface area contributed by atoms with Crippen molar-refractivity contribution in [3.8, 4) is 11.1 Å². The van der Waals surface area contributed by atoms with Gasteiger partial charge >= 0.3 is 0 Å². The van der Waals surface area contributed by atoms with Gasteiger partial charge in [-0.1, -0.05) is 12.1 Å². The molecule has 5 heteroatoms. The monoisotopic (exact) mass is 333 g/mol. The van der Waals surface area contributed by atoms with Gasteiger partial charge in [0.25, 0.3) is 0 Å². The van der Waals surface area contributed by atoms with Gasteiger partial charge in [0.15, 0.2) is 0 Å². The van der Waals surface area contributed by atoms with E-state index in [-0.39, 0.29) is 0 Å². The lowest BCUT2D eigenvalue weighted by Crippen LogP contribution is -1.99. The van der Waals surface area contributed by atoms with E-state index in [4.69, 9.17) is 0 Å². The fourth-order valence-corrected chi connectivity index (χ4v) is 2.98. The van der Waals surface area contributed by atoms with Crippen molar-refractivity contribution in [2.45, 2.75) is 0 Å². The predicted octanol–water partition coefficient (Wildman–Crippen LogP) is 4.65. The Morgan fingerprint density at radius 2 is 1.95 bits per heavy atom. The maximum Gasteiger partial charge on any atom is 0.142 e. The van der Waals surface area contributed by atoms with Crippen molar-refractivity contribution in [3.05, 3.63) is 51.8 Å².